The van der Waals surface area contributed by atoms with Gasteiger partial charge in [-0.1, -0.05) is 47.0 Å². The summed E-state index contributed by atoms with van der Waals surface area (Å²) in [5.74, 6) is 0.905. The molecule has 0 aromatic carbocycles. The van der Waals surface area contributed by atoms with Gasteiger partial charge in [-0.2, -0.15) is 0 Å². The van der Waals surface area contributed by atoms with Crippen LogP contribution in [0.4, 0.5) is 0 Å². The van der Waals surface area contributed by atoms with Crippen molar-refractivity contribution in [3.05, 3.63) is 0 Å². The summed E-state index contributed by atoms with van der Waals surface area (Å²) in [4.78, 5) is 11.4. The van der Waals surface area contributed by atoms with Crippen LogP contribution in [0.2, 0.25) is 0 Å². The molecule has 0 fully saturated rings. The van der Waals surface area contributed by atoms with E-state index in [2.05, 4.69) is 19.2 Å². The van der Waals surface area contributed by atoms with Crippen molar-refractivity contribution in [2.75, 3.05) is 6.54 Å². The molecule has 96 valence electrons. The van der Waals surface area contributed by atoms with Gasteiger partial charge in [-0.3, -0.25) is 4.79 Å². The maximum absolute atomic E-state index is 11.4. The number of nitrogens with one attached hydrogen (secondary N) is 1. The predicted octanol–water partition coefficient (Wildman–Crippen LogP) is 2.34. The Hall–Kier alpha value is -0.570. The molecule has 0 aromatic rings. The first kappa shape index (κ1) is 15.4. The van der Waals surface area contributed by atoms with Gasteiger partial charge in [-0.05, 0) is 18.3 Å². The first-order valence-corrected chi connectivity index (χ1v) is 6.39. The molecule has 1 unspecified atom stereocenters. The van der Waals surface area contributed by atoms with Crippen LogP contribution >= 0.6 is 0 Å². The second kappa shape index (κ2) is 8.57. The number of hydrogen-bond acceptors (Lipinski definition) is 2. The van der Waals surface area contributed by atoms with E-state index < -0.39 is 6.10 Å². The summed E-state index contributed by atoms with van der Waals surface area (Å²) in [6.45, 7) is 9.09. The third-order valence-electron chi connectivity index (χ3n) is 2.50. The number of carbonyl (C=O) groups is 1. The molecule has 0 heterocycles. The summed E-state index contributed by atoms with van der Waals surface area (Å²) in [6, 6.07) is 0. The molecule has 0 spiro atoms. The summed E-state index contributed by atoms with van der Waals surface area (Å²) in [5.41, 5.74) is 0. The van der Waals surface area contributed by atoms with Crippen molar-refractivity contribution in [3.63, 3.8) is 0 Å². The molecule has 1 atom stereocenters. The van der Waals surface area contributed by atoms with Gasteiger partial charge < -0.3 is 10.4 Å². The quantitative estimate of drug-likeness (QED) is 0.628. The zero-order valence-corrected chi connectivity index (χ0v) is 11.1. The van der Waals surface area contributed by atoms with Gasteiger partial charge in [0.1, 0.15) is 6.10 Å². The summed E-state index contributed by atoms with van der Waals surface area (Å²) >= 11 is 0. The molecule has 3 nitrogen and oxygen atoms in total. The maximum atomic E-state index is 11.4. The van der Waals surface area contributed by atoms with Gasteiger partial charge in [-0.25, -0.2) is 0 Å². The zero-order chi connectivity index (χ0) is 12.6. The van der Waals surface area contributed by atoms with Crippen LogP contribution in [0.15, 0.2) is 0 Å². The standard InChI is InChI=1S/C13H27NO2/c1-10(2)7-5-6-8-12(15)13(16)14-9-11(3)4/h10-12,15H,5-9H2,1-4H3,(H,14,16). The Kier molecular flexibility index (Phi) is 8.26. The number of amides is 1. The maximum Gasteiger partial charge on any atom is 0.248 e. The van der Waals surface area contributed by atoms with E-state index >= 15 is 0 Å². The molecule has 0 saturated heterocycles. The third kappa shape index (κ3) is 8.72. The first-order chi connectivity index (χ1) is 7.43. The lowest BCUT2D eigenvalue weighted by molar-refractivity contribution is -0.129. The lowest BCUT2D eigenvalue weighted by Crippen LogP contribution is -2.36. The van der Waals surface area contributed by atoms with Crippen LogP contribution in [0.3, 0.4) is 0 Å². The van der Waals surface area contributed by atoms with Gasteiger partial charge in [0.2, 0.25) is 5.91 Å². The van der Waals surface area contributed by atoms with Crippen molar-refractivity contribution in [1.29, 1.82) is 0 Å². The summed E-state index contributed by atoms with van der Waals surface area (Å²) < 4.78 is 0. The minimum absolute atomic E-state index is 0.224. The fourth-order valence-corrected chi connectivity index (χ4v) is 1.44. The Balaban J connectivity index is 3.55. The Morgan fingerprint density at radius 1 is 1.06 bits per heavy atom. The average molecular weight is 229 g/mol. The zero-order valence-electron chi connectivity index (χ0n) is 11.1. The molecule has 0 aromatic heterocycles. The number of carbonyl (C=O) groups excluding carboxylic acids is 1. The fourth-order valence-electron chi connectivity index (χ4n) is 1.44. The number of aliphatic hydroxyl groups is 1. The van der Waals surface area contributed by atoms with Crippen LogP contribution in [0.25, 0.3) is 0 Å². The molecular weight excluding hydrogens is 202 g/mol. The summed E-state index contributed by atoms with van der Waals surface area (Å²) in [7, 11) is 0. The fraction of sp³-hybridized carbons (Fsp3) is 0.923. The minimum Gasteiger partial charge on any atom is -0.383 e. The van der Waals surface area contributed by atoms with E-state index in [9.17, 15) is 9.90 Å². The molecule has 1 amide bonds. The smallest absolute Gasteiger partial charge is 0.248 e. The Bertz CT molecular complexity index is 190. The van der Waals surface area contributed by atoms with E-state index in [1.54, 1.807) is 0 Å². The van der Waals surface area contributed by atoms with Crippen molar-refractivity contribution in [2.24, 2.45) is 11.8 Å². The number of aliphatic hydroxyl groups excluding tert-OH is 1. The monoisotopic (exact) mass is 229 g/mol. The lowest BCUT2D eigenvalue weighted by Gasteiger charge is -2.13. The second-order valence-electron chi connectivity index (χ2n) is 5.33. The first-order valence-electron chi connectivity index (χ1n) is 6.39. The molecule has 0 aliphatic heterocycles. The molecular formula is C13H27NO2. The van der Waals surface area contributed by atoms with Gasteiger partial charge in [-0.15, -0.1) is 0 Å². The van der Waals surface area contributed by atoms with Gasteiger partial charge >= 0.3 is 0 Å². The molecule has 0 rings (SSSR count). The van der Waals surface area contributed by atoms with Gasteiger partial charge in [0.25, 0.3) is 0 Å². The van der Waals surface area contributed by atoms with Crippen molar-refractivity contribution in [1.82, 2.24) is 5.32 Å². The third-order valence-corrected chi connectivity index (χ3v) is 2.50. The highest BCUT2D eigenvalue weighted by molar-refractivity contribution is 5.80. The van der Waals surface area contributed by atoms with Crippen LogP contribution in [0.1, 0.15) is 53.4 Å². The van der Waals surface area contributed by atoms with E-state index in [-0.39, 0.29) is 5.91 Å². The predicted molar refractivity (Wildman–Crippen MR) is 67.2 cm³/mol. The Morgan fingerprint density at radius 3 is 2.12 bits per heavy atom. The average Bonchev–Trinajstić information content (AvgIpc) is 2.20. The van der Waals surface area contributed by atoms with Crippen molar-refractivity contribution in [3.8, 4) is 0 Å². The molecule has 3 heteroatoms. The molecule has 0 saturated carbocycles. The van der Waals surface area contributed by atoms with Crippen LogP contribution in [-0.4, -0.2) is 23.7 Å². The highest BCUT2D eigenvalue weighted by atomic mass is 16.3. The van der Waals surface area contributed by atoms with Gasteiger partial charge in [0.05, 0.1) is 0 Å². The van der Waals surface area contributed by atoms with Crippen molar-refractivity contribution >= 4 is 5.91 Å². The summed E-state index contributed by atoms with van der Waals surface area (Å²) in [6.07, 6.45) is 2.93. The lowest BCUT2D eigenvalue weighted by atomic mass is 10.0. The topological polar surface area (TPSA) is 49.3 Å². The molecule has 2 N–H and O–H groups in total. The van der Waals surface area contributed by atoms with Crippen LogP contribution in [-0.2, 0) is 4.79 Å². The second-order valence-corrected chi connectivity index (χ2v) is 5.33. The SMILES string of the molecule is CC(C)CCCCC(O)C(=O)NCC(C)C. The van der Waals surface area contributed by atoms with E-state index in [1.807, 2.05) is 13.8 Å². The highest BCUT2D eigenvalue weighted by Gasteiger charge is 2.14. The number of hydrogen-bond donors (Lipinski definition) is 2. The number of unbranched alkanes of at least 4 members (excludes halogenated alkanes) is 1. The van der Waals surface area contributed by atoms with Crippen LogP contribution in [0, 0.1) is 11.8 Å². The van der Waals surface area contributed by atoms with Gasteiger partial charge in [0, 0.05) is 6.54 Å². The van der Waals surface area contributed by atoms with Crippen LogP contribution in [0.5, 0.6) is 0 Å². The molecule has 0 bridgehead atoms. The number of rotatable bonds is 8. The molecule has 0 radical (unpaired) electrons. The van der Waals surface area contributed by atoms with Crippen molar-refractivity contribution in [2.45, 2.75) is 59.5 Å². The highest BCUT2D eigenvalue weighted by Crippen LogP contribution is 2.09. The van der Waals surface area contributed by atoms with E-state index in [0.717, 1.165) is 12.8 Å². The van der Waals surface area contributed by atoms with E-state index in [4.69, 9.17) is 0 Å². The van der Waals surface area contributed by atoms with Crippen molar-refractivity contribution < 1.29 is 9.90 Å². The Morgan fingerprint density at radius 2 is 1.62 bits per heavy atom. The largest absolute Gasteiger partial charge is 0.383 e. The summed E-state index contributed by atoms with van der Waals surface area (Å²) in [5, 5.41) is 12.3. The minimum atomic E-state index is -0.828. The van der Waals surface area contributed by atoms with E-state index in [0.29, 0.717) is 24.8 Å². The Labute approximate surface area is 99.6 Å². The van der Waals surface area contributed by atoms with E-state index in [1.165, 1.54) is 6.42 Å². The van der Waals surface area contributed by atoms with Crippen LogP contribution < -0.4 is 5.32 Å². The molecule has 0 aliphatic rings. The molecule has 16 heavy (non-hydrogen) atoms. The van der Waals surface area contributed by atoms with Gasteiger partial charge in [0.15, 0.2) is 0 Å². The molecule has 0 aliphatic carbocycles. The normalized spacial score (nSPS) is 13.2.